The summed E-state index contributed by atoms with van der Waals surface area (Å²) in [5.74, 6) is -1.36. The van der Waals surface area contributed by atoms with Crippen LogP contribution in [0.5, 0.6) is 0 Å². The number of aliphatic hydroxyl groups is 1. The monoisotopic (exact) mass is 355 g/mol. The molecule has 6 heteroatoms. The molecule has 3 N–H and O–H groups in total. The second-order valence-corrected chi connectivity index (χ2v) is 6.58. The van der Waals surface area contributed by atoms with E-state index in [4.69, 9.17) is 9.84 Å². The number of benzene rings is 2. The van der Waals surface area contributed by atoms with Crippen molar-refractivity contribution < 1.29 is 24.5 Å². The maximum absolute atomic E-state index is 11.9. The van der Waals surface area contributed by atoms with Gasteiger partial charge in [-0.15, -0.1) is 0 Å². The molecule has 1 atom stereocenters. The molecule has 0 aliphatic heterocycles. The molecule has 0 fully saturated rings. The minimum absolute atomic E-state index is 0.00989. The first-order valence-electron chi connectivity index (χ1n) is 8.45. The molecule has 2 aromatic rings. The number of aliphatic carboxylic acids is 1. The molecule has 0 heterocycles. The molecule has 0 bridgehead atoms. The molecule has 136 valence electrons. The number of carbonyl (C=O) groups is 2. The van der Waals surface area contributed by atoms with Crippen LogP contribution in [0.25, 0.3) is 11.1 Å². The molecule has 0 saturated heterocycles. The molecule has 1 amide bonds. The van der Waals surface area contributed by atoms with E-state index in [1.54, 1.807) is 0 Å². The Balaban J connectivity index is 1.60. The number of hydrogen-bond acceptors (Lipinski definition) is 4. The third kappa shape index (κ3) is 3.55. The summed E-state index contributed by atoms with van der Waals surface area (Å²) in [5, 5.41) is 21.0. The van der Waals surface area contributed by atoms with E-state index >= 15 is 0 Å². The quantitative estimate of drug-likeness (QED) is 0.740. The topological polar surface area (TPSA) is 95.9 Å². The van der Waals surface area contributed by atoms with Gasteiger partial charge in [-0.2, -0.15) is 0 Å². The van der Waals surface area contributed by atoms with Crippen LogP contribution in [0, 0.1) is 0 Å². The minimum Gasteiger partial charge on any atom is -0.479 e. The van der Waals surface area contributed by atoms with Crippen LogP contribution in [0.2, 0.25) is 0 Å². The van der Waals surface area contributed by atoms with E-state index in [2.05, 4.69) is 17.4 Å². The number of amides is 1. The lowest BCUT2D eigenvalue weighted by Crippen LogP contribution is -2.39. The summed E-state index contributed by atoms with van der Waals surface area (Å²) in [6.45, 7) is 1.39. The fourth-order valence-electron chi connectivity index (χ4n) is 3.16. The van der Waals surface area contributed by atoms with Gasteiger partial charge in [0.05, 0.1) is 0 Å². The van der Waals surface area contributed by atoms with Gasteiger partial charge in [0.1, 0.15) is 6.61 Å². The SMILES string of the molecule is CC(O)(CCNC(=O)OCC1c2ccccc2-c2ccccc21)C(=O)O. The van der Waals surface area contributed by atoms with Gasteiger partial charge < -0.3 is 20.3 Å². The van der Waals surface area contributed by atoms with Crippen LogP contribution in [-0.4, -0.2) is 41.0 Å². The van der Waals surface area contributed by atoms with Gasteiger partial charge in [-0.3, -0.25) is 0 Å². The Hall–Kier alpha value is -2.86. The van der Waals surface area contributed by atoms with Gasteiger partial charge in [0.2, 0.25) is 0 Å². The van der Waals surface area contributed by atoms with E-state index in [-0.39, 0.29) is 25.5 Å². The normalized spacial score (nSPS) is 14.8. The molecule has 2 aromatic carbocycles. The molecule has 26 heavy (non-hydrogen) atoms. The Morgan fingerprint density at radius 2 is 1.62 bits per heavy atom. The average molecular weight is 355 g/mol. The average Bonchev–Trinajstić information content (AvgIpc) is 2.94. The minimum atomic E-state index is -1.88. The number of fused-ring (bicyclic) bond motifs is 3. The van der Waals surface area contributed by atoms with Crippen LogP contribution in [0.4, 0.5) is 4.79 Å². The number of carboxylic acids is 1. The number of nitrogens with one attached hydrogen (secondary N) is 1. The molecule has 0 spiro atoms. The standard InChI is InChI=1S/C20H21NO5/c1-20(25,18(22)23)10-11-21-19(24)26-12-17-15-8-4-2-6-13(15)14-7-3-5-9-16(14)17/h2-9,17,25H,10-12H2,1H3,(H,21,24)(H,22,23). The summed E-state index contributed by atoms with van der Waals surface area (Å²) in [6, 6.07) is 16.1. The van der Waals surface area contributed by atoms with Crippen LogP contribution in [0.1, 0.15) is 30.4 Å². The summed E-state index contributed by atoms with van der Waals surface area (Å²) in [6.07, 6.45) is -0.736. The molecular weight excluding hydrogens is 334 g/mol. The summed E-state index contributed by atoms with van der Waals surface area (Å²) in [5.41, 5.74) is 2.66. The van der Waals surface area contributed by atoms with Crippen molar-refractivity contribution in [2.24, 2.45) is 0 Å². The number of hydrogen-bond donors (Lipinski definition) is 3. The largest absolute Gasteiger partial charge is 0.479 e. The van der Waals surface area contributed by atoms with Crippen molar-refractivity contribution in [2.45, 2.75) is 24.9 Å². The fourth-order valence-corrected chi connectivity index (χ4v) is 3.16. The number of carboxylic acid groups (broad SMARTS) is 1. The first-order valence-corrected chi connectivity index (χ1v) is 8.45. The van der Waals surface area contributed by atoms with Crippen LogP contribution < -0.4 is 5.32 Å². The van der Waals surface area contributed by atoms with E-state index in [1.165, 1.54) is 6.92 Å². The molecule has 1 unspecified atom stereocenters. The number of alkyl carbamates (subject to hydrolysis) is 1. The lowest BCUT2D eigenvalue weighted by molar-refractivity contribution is -0.157. The first kappa shape index (κ1) is 17.9. The maximum Gasteiger partial charge on any atom is 0.407 e. The highest BCUT2D eigenvalue weighted by Crippen LogP contribution is 2.44. The molecule has 1 aliphatic carbocycles. The highest BCUT2D eigenvalue weighted by atomic mass is 16.5. The van der Waals surface area contributed by atoms with Gasteiger partial charge in [-0.05, 0) is 29.2 Å². The van der Waals surface area contributed by atoms with Gasteiger partial charge in [0.15, 0.2) is 5.60 Å². The zero-order valence-corrected chi connectivity index (χ0v) is 14.4. The molecule has 6 nitrogen and oxygen atoms in total. The Morgan fingerprint density at radius 3 is 2.15 bits per heavy atom. The molecule has 3 rings (SSSR count). The zero-order chi connectivity index (χ0) is 18.7. The van der Waals surface area contributed by atoms with Crippen LogP contribution >= 0.6 is 0 Å². The highest BCUT2D eigenvalue weighted by Gasteiger charge is 2.30. The lowest BCUT2D eigenvalue weighted by atomic mass is 9.98. The Kier molecular flexibility index (Phi) is 4.95. The Morgan fingerprint density at radius 1 is 1.08 bits per heavy atom. The van der Waals surface area contributed by atoms with Crippen LogP contribution in [0.15, 0.2) is 48.5 Å². The van der Waals surface area contributed by atoms with E-state index in [1.807, 2.05) is 36.4 Å². The second-order valence-electron chi connectivity index (χ2n) is 6.58. The van der Waals surface area contributed by atoms with E-state index in [0.29, 0.717) is 0 Å². The van der Waals surface area contributed by atoms with Crippen molar-refractivity contribution in [1.29, 1.82) is 0 Å². The van der Waals surface area contributed by atoms with Crippen molar-refractivity contribution in [3.63, 3.8) is 0 Å². The van der Waals surface area contributed by atoms with Crippen molar-refractivity contribution >= 4 is 12.1 Å². The van der Waals surface area contributed by atoms with Crippen molar-refractivity contribution in [2.75, 3.05) is 13.2 Å². The maximum atomic E-state index is 11.9. The molecule has 0 radical (unpaired) electrons. The number of carbonyl (C=O) groups excluding carboxylic acids is 1. The fraction of sp³-hybridized carbons (Fsp3) is 0.300. The second kappa shape index (κ2) is 7.17. The molecule has 1 aliphatic rings. The van der Waals surface area contributed by atoms with E-state index in [9.17, 15) is 14.7 Å². The third-order valence-electron chi connectivity index (χ3n) is 4.69. The zero-order valence-electron chi connectivity index (χ0n) is 14.4. The van der Waals surface area contributed by atoms with Gasteiger partial charge in [0.25, 0.3) is 0 Å². The van der Waals surface area contributed by atoms with Gasteiger partial charge in [0, 0.05) is 18.9 Å². The van der Waals surface area contributed by atoms with E-state index in [0.717, 1.165) is 22.3 Å². The van der Waals surface area contributed by atoms with Crippen LogP contribution in [0.3, 0.4) is 0 Å². The summed E-state index contributed by atoms with van der Waals surface area (Å²) >= 11 is 0. The van der Waals surface area contributed by atoms with Gasteiger partial charge in [-0.25, -0.2) is 9.59 Å². The van der Waals surface area contributed by atoms with Gasteiger partial charge in [-0.1, -0.05) is 48.5 Å². The summed E-state index contributed by atoms with van der Waals surface area (Å²) in [7, 11) is 0. The first-order chi connectivity index (χ1) is 12.4. The summed E-state index contributed by atoms with van der Waals surface area (Å²) < 4.78 is 5.34. The van der Waals surface area contributed by atoms with E-state index < -0.39 is 17.7 Å². The Labute approximate surface area is 151 Å². The predicted molar refractivity (Wildman–Crippen MR) is 95.9 cm³/mol. The molecule has 0 aromatic heterocycles. The van der Waals surface area contributed by atoms with Crippen molar-refractivity contribution in [3.05, 3.63) is 59.7 Å². The van der Waals surface area contributed by atoms with Crippen molar-refractivity contribution in [1.82, 2.24) is 5.32 Å². The van der Waals surface area contributed by atoms with Crippen LogP contribution in [-0.2, 0) is 9.53 Å². The number of rotatable bonds is 6. The van der Waals surface area contributed by atoms with Crippen molar-refractivity contribution in [3.8, 4) is 11.1 Å². The van der Waals surface area contributed by atoms with Gasteiger partial charge >= 0.3 is 12.1 Å². The Bertz CT molecular complexity index is 785. The molecular formula is C20H21NO5. The lowest BCUT2D eigenvalue weighted by Gasteiger charge is -2.18. The number of ether oxygens (including phenoxy) is 1. The molecule has 0 saturated carbocycles. The summed E-state index contributed by atoms with van der Waals surface area (Å²) in [4.78, 5) is 22.8. The third-order valence-corrected chi connectivity index (χ3v) is 4.69. The highest BCUT2D eigenvalue weighted by molar-refractivity contribution is 5.79. The predicted octanol–water partition coefficient (Wildman–Crippen LogP) is 2.75. The smallest absolute Gasteiger partial charge is 0.407 e.